The quantitative estimate of drug-likeness (QED) is 0.800. The van der Waals surface area contributed by atoms with E-state index in [4.69, 9.17) is 0 Å². The highest BCUT2D eigenvalue weighted by atomic mass is 32.1. The molecule has 1 unspecified atom stereocenters. The fourth-order valence-electron chi connectivity index (χ4n) is 1.48. The number of aromatic nitrogens is 1. The molecule has 0 spiro atoms. The lowest BCUT2D eigenvalue weighted by atomic mass is 10.2. The highest BCUT2D eigenvalue weighted by Crippen LogP contribution is 2.29. The third-order valence-electron chi connectivity index (χ3n) is 2.59. The zero-order valence-corrected chi connectivity index (χ0v) is 9.03. The van der Waals surface area contributed by atoms with E-state index in [9.17, 15) is 0 Å². The van der Waals surface area contributed by atoms with Crippen molar-refractivity contribution < 1.29 is 0 Å². The first-order chi connectivity index (χ1) is 6.27. The lowest BCUT2D eigenvalue weighted by molar-refractivity contribution is 0.553. The van der Waals surface area contributed by atoms with Gasteiger partial charge in [0.05, 0.1) is 11.2 Å². The van der Waals surface area contributed by atoms with Gasteiger partial charge in [0.15, 0.2) is 0 Å². The van der Waals surface area contributed by atoms with Crippen molar-refractivity contribution in [3.63, 3.8) is 0 Å². The number of thiazole rings is 1. The summed E-state index contributed by atoms with van der Waals surface area (Å²) in [4.78, 5) is 5.65. The molecule has 72 valence electrons. The van der Waals surface area contributed by atoms with Gasteiger partial charge in [-0.3, -0.25) is 0 Å². The molecule has 3 heteroatoms. The van der Waals surface area contributed by atoms with Crippen molar-refractivity contribution in [1.29, 1.82) is 0 Å². The lowest BCUT2D eigenvalue weighted by Gasteiger charge is -2.11. The number of nitrogens with zero attached hydrogens (tertiary/aromatic N) is 1. The molecule has 0 bridgehead atoms. The average Bonchev–Trinajstić information content (AvgIpc) is 2.84. The summed E-state index contributed by atoms with van der Waals surface area (Å²) < 4.78 is 0. The average molecular weight is 196 g/mol. The molecule has 1 heterocycles. The largest absolute Gasteiger partial charge is 0.309 e. The van der Waals surface area contributed by atoms with Crippen LogP contribution in [0.5, 0.6) is 0 Å². The van der Waals surface area contributed by atoms with Crippen LogP contribution in [0.2, 0.25) is 0 Å². The Balaban J connectivity index is 1.88. The standard InChI is InChI=1S/C10H16N2S/c1-7(11-5-9-3-4-9)10-8(2)12-6-13-10/h6-7,9,11H,3-5H2,1-2H3. The van der Waals surface area contributed by atoms with Crippen molar-refractivity contribution >= 4 is 11.3 Å². The molecule has 1 aliphatic rings. The van der Waals surface area contributed by atoms with E-state index in [1.54, 1.807) is 11.3 Å². The molecular weight excluding hydrogens is 180 g/mol. The molecule has 1 aromatic rings. The zero-order valence-electron chi connectivity index (χ0n) is 8.21. The number of hydrogen-bond donors (Lipinski definition) is 1. The second-order valence-electron chi connectivity index (χ2n) is 3.88. The molecule has 0 saturated heterocycles. The van der Waals surface area contributed by atoms with E-state index in [2.05, 4.69) is 24.1 Å². The number of rotatable bonds is 4. The molecule has 1 N–H and O–H groups in total. The summed E-state index contributed by atoms with van der Waals surface area (Å²) in [6, 6.07) is 0.480. The predicted octanol–water partition coefficient (Wildman–Crippen LogP) is 2.51. The second-order valence-corrected chi connectivity index (χ2v) is 4.76. The van der Waals surface area contributed by atoms with Gasteiger partial charge in [-0.2, -0.15) is 0 Å². The van der Waals surface area contributed by atoms with Gasteiger partial charge in [-0.15, -0.1) is 11.3 Å². The van der Waals surface area contributed by atoms with Crippen LogP contribution in [0, 0.1) is 12.8 Å². The summed E-state index contributed by atoms with van der Waals surface area (Å²) in [6.07, 6.45) is 2.84. The Bertz CT molecular complexity index is 278. The molecule has 13 heavy (non-hydrogen) atoms. The molecule has 1 saturated carbocycles. The maximum Gasteiger partial charge on any atom is 0.0798 e. The van der Waals surface area contributed by atoms with Crippen molar-refractivity contribution in [2.24, 2.45) is 5.92 Å². The van der Waals surface area contributed by atoms with Gasteiger partial charge in [-0.25, -0.2) is 4.98 Å². The van der Waals surface area contributed by atoms with Crippen molar-refractivity contribution in [3.8, 4) is 0 Å². The minimum atomic E-state index is 0.480. The molecule has 0 amide bonds. The summed E-state index contributed by atoms with van der Waals surface area (Å²) in [5, 5.41) is 3.56. The normalized spacial score (nSPS) is 18.9. The highest BCUT2D eigenvalue weighted by Gasteiger charge is 2.22. The third-order valence-corrected chi connectivity index (χ3v) is 3.70. The minimum Gasteiger partial charge on any atom is -0.309 e. The van der Waals surface area contributed by atoms with E-state index in [1.807, 2.05) is 5.51 Å². The van der Waals surface area contributed by atoms with Gasteiger partial charge >= 0.3 is 0 Å². The van der Waals surface area contributed by atoms with Gasteiger partial charge in [-0.05, 0) is 39.2 Å². The third kappa shape index (κ3) is 2.29. The fourth-order valence-corrected chi connectivity index (χ4v) is 2.32. The van der Waals surface area contributed by atoms with Crippen molar-refractivity contribution in [2.75, 3.05) is 6.54 Å². The maximum absolute atomic E-state index is 4.26. The van der Waals surface area contributed by atoms with Gasteiger partial charge in [0.25, 0.3) is 0 Å². The van der Waals surface area contributed by atoms with Gasteiger partial charge in [0.2, 0.25) is 0 Å². The van der Waals surface area contributed by atoms with Crippen molar-refractivity contribution in [1.82, 2.24) is 10.3 Å². The van der Waals surface area contributed by atoms with Crippen molar-refractivity contribution in [2.45, 2.75) is 32.7 Å². The maximum atomic E-state index is 4.26. The molecule has 0 aliphatic heterocycles. The first-order valence-electron chi connectivity index (χ1n) is 4.90. The molecular formula is C10H16N2S. The van der Waals surface area contributed by atoms with Crippen LogP contribution in [0.25, 0.3) is 0 Å². The molecule has 1 fully saturated rings. The Morgan fingerprint density at radius 3 is 3.00 bits per heavy atom. The van der Waals surface area contributed by atoms with E-state index in [-0.39, 0.29) is 0 Å². The summed E-state index contributed by atoms with van der Waals surface area (Å²) in [5.74, 6) is 0.954. The van der Waals surface area contributed by atoms with Crippen LogP contribution in [0.3, 0.4) is 0 Å². The van der Waals surface area contributed by atoms with E-state index in [0.29, 0.717) is 6.04 Å². The van der Waals surface area contributed by atoms with Crippen LogP contribution in [0.4, 0.5) is 0 Å². The summed E-state index contributed by atoms with van der Waals surface area (Å²) >= 11 is 1.76. The van der Waals surface area contributed by atoms with Crippen LogP contribution in [0.1, 0.15) is 36.4 Å². The minimum absolute atomic E-state index is 0.480. The van der Waals surface area contributed by atoms with E-state index < -0.39 is 0 Å². The van der Waals surface area contributed by atoms with Crippen LogP contribution in [-0.2, 0) is 0 Å². The molecule has 1 aliphatic carbocycles. The number of nitrogens with one attached hydrogen (secondary N) is 1. The predicted molar refractivity (Wildman–Crippen MR) is 56.0 cm³/mol. The highest BCUT2D eigenvalue weighted by molar-refractivity contribution is 7.09. The molecule has 0 radical (unpaired) electrons. The van der Waals surface area contributed by atoms with Gasteiger partial charge in [-0.1, -0.05) is 0 Å². The Labute approximate surface area is 83.4 Å². The van der Waals surface area contributed by atoms with Gasteiger partial charge < -0.3 is 5.32 Å². The topological polar surface area (TPSA) is 24.9 Å². The Kier molecular flexibility index (Phi) is 2.65. The lowest BCUT2D eigenvalue weighted by Crippen LogP contribution is -2.20. The van der Waals surface area contributed by atoms with E-state index >= 15 is 0 Å². The van der Waals surface area contributed by atoms with E-state index in [1.165, 1.54) is 30.0 Å². The first-order valence-corrected chi connectivity index (χ1v) is 5.78. The summed E-state index contributed by atoms with van der Waals surface area (Å²) in [5.41, 5.74) is 3.11. The second kappa shape index (κ2) is 3.76. The van der Waals surface area contributed by atoms with Gasteiger partial charge in [0, 0.05) is 10.9 Å². The molecule has 1 aromatic heterocycles. The summed E-state index contributed by atoms with van der Waals surface area (Å²) in [6.45, 7) is 5.49. The van der Waals surface area contributed by atoms with Crippen molar-refractivity contribution in [3.05, 3.63) is 16.1 Å². The monoisotopic (exact) mass is 196 g/mol. The van der Waals surface area contributed by atoms with Crippen LogP contribution in [0.15, 0.2) is 5.51 Å². The molecule has 0 aromatic carbocycles. The molecule has 1 atom stereocenters. The molecule has 2 rings (SSSR count). The number of hydrogen-bond acceptors (Lipinski definition) is 3. The van der Waals surface area contributed by atoms with Crippen LogP contribution in [-0.4, -0.2) is 11.5 Å². The van der Waals surface area contributed by atoms with Crippen LogP contribution < -0.4 is 5.32 Å². The SMILES string of the molecule is Cc1ncsc1C(C)NCC1CC1. The Morgan fingerprint density at radius 1 is 1.69 bits per heavy atom. The zero-order chi connectivity index (χ0) is 9.26. The number of aryl methyl sites for hydroxylation is 1. The molecule has 2 nitrogen and oxygen atoms in total. The first kappa shape index (κ1) is 9.16. The Hall–Kier alpha value is -0.410. The van der Waals surface area contributed by atoms with E-state index in [0.717, 1.165) is 5.92 Å². The fraction of sp³-hybridized carbons (Fsp3) is 0.700. The van der Waals surface area contributed by atoms with Crippen LogP contribution >= 0.6 is 11.3 Å². The summed E-state index contributed by atoms with van der Waals surface area (Å²) in [7, 11) is 0. The smallest absolute Gasteiger partial charge is 0.0798 e. The van der Waals surface area contributed by atoms with Gasteiger partial charge in [0.1, 0.15) is 0 Å². The Morgan fingerprint density at radius 2 is 2.46 bits per heavy atom.